The Hall–Kier alpha value is -1.59. The SMILES string of the molecule is CCOCc1nnc(N2CCCC2c2ccccc2Cl)n1CC. The Morgan fingerprint density at radius 3 is 2.83 bits per heavy atom. The number of ether oxygens (including phenoxy) is 1. The molecule has 1 saturated heterocycles. The molecular formula is C17H23ClN4O. The summed E-state index contributed by atoms with van der Waals surface area (Å²) in [4.78, 5) is 2.33. The molecule has 2 heterocycles. The van der Waals surface area contributed by atoms with E-state index in [1.54, 1.807) is 0 Å². The smallest absolute Gasteiger partial charge is 0.227 e. The first kappa shape index (κ1) is 16.3. The van der Waals surface area contributed by atoms with Gasteiger partial charge in [0.1, 0.15) is 6.61 Å². The Bertz CT molecular complexity index is 658. The maximum absolute atomic E-state index is 6.41. The van der Waals surface area contributed by atoms with Crippen LogP contribution in [0.3, 0.4) is 0 Å². The van der Waals surface area contributed by atoms with Gasteiger partial charge in [0.05, 0.1) is 6.04 Å². The minimum Gasteiger partial charge on any atom is -0.374 e. The van der Waals surface area contributed by atoms with Crippen molar-refractivity contribution < 1.29 is 4.74 Å². The summed E-state index contributed by atoms with van der Waals surface area (Å²) < 4.78 is 7.65. The Morgan fingerprint density at radius 2 is 2.09 bits per heavy atom. The first-order valence-corrected chi connectivity index (χ1v) is 8.65. The van der Waals surface area contributed by atoms with Crippen molar-refractivity contribution in [3.8, 4) is 0 Å². The van der Waals surface area contributed by atoms with E-state index >= 15 is 0 Å². The highest BCUT2D eigenvalue weighted by atomic mass is 35.5. The Labute approximate surface area is 142 Å². The molecule has 1 aliphatic rings. The highest BCUT2D eigenvalue weighted by Gasteiger charge is 2.31. The van der Waals surface area contributed by atoms with Crippen LogP contribution in [0.2, 0.25) is 5.02 Å². The molecule has 1 atom stereocenters. The van der Waals surface area contributed by atoms with Crippen LogP contribution < -0.4 is 4.90 Å². The summed E-state index contributed by atoms with van der Waals surface area (Å²) in [5, 5.41) is 9.60. The predicted molar refractivity (Wildman–Crippen MR) is 91.8 cm³/mol. The molecule has 0 amide bonds. The van der Waals surface area contributed by atoms with Gasteiger partial charge in [-0.1, -0.05) is 29.8 Å². The van der Waals surface area contributed by atoms with Crippen molar-refractivity contribution in [1.29, 1.82) is 0 Å². The van der Waals surface area contributed by atoms with Gasteiger partial charge in [0, 0.05) is 24.7 Å². The molecule has 5 nitrogen and oxygen atoms in total. The van der Waals surface area contributed by atoms with Gasteiger partial charge in [0.25, 0.3) is 0 Å². The highest BCUT2D eigenvalue weighted by molar-refractivity contribution is 6.31. The van der Waals surface area contributed by atoms with Crippen molar-refractivity contribution in [3.05, 3.63) is 40.7 Å². The van der Waals surface area contributed by atoms with Gasteiger partial charge in [-0.2, -0.15) is 0 Å². The topological polar surface area (TPSA) is 43.2 Å². The van der Waals surface area contributed by atoms with Gasteiger partial charge in [-0.25, -0.2) is 0 Å². The zero-order chi connectivity index (χ0) is 16.2. The fourth-order valence-electron chi connectivity index (χ4n) is 3.24. The molecule has 6 heteroatoms. The molecule has 0 spiro atoms. The maximum atomic E-state index is 6.41. The standard InChI is InChI=1S/C17H23ClN4O/c1-3-21-16(12-23-4-2)19-20-17(21)22-11-7-10-15(22)13-8-5-6-9-14(13)18/h5-6,8-9,15H,3-4,7,10-12H2,1-2H3. The molecule has 0 bridgehead atoms. The Balaban J connectivity index is 1.91. The van der Waals surface area contributed by atoms with Crippen molar-refractivity contribution in [2.45, 2.75) is 45.9 Å². The van der Waals surface area contributed by atoms with E-state index in [9.17, 15) is 0 Å². The van der Waals surface area contributed by atoms with Crippen LogP contribution in [0.4, 0.5) is 5.95 Å². The van der Waals surface area contributed by atoms with E-state index in [4.69, 9.17) is 16.3 Å². The average Bonchev–Trinajstić information content (AvgIpc) is 3.19. The molecule has 1 aromatic carbocycles. The van der Waals surface area contributed by atoms with Crippen LogP contribution in [-0.4, -0.2) is 27.9 Å². The van der Waals surface area contributed by atoms with E-state index in [-0.39, 0.29) is 6.04 Å². The van der Waals surface area contributed by atoms with Gasteiger partial charge >= 0.3 is 0 Å². The lowest BCUT2D eigenvalue weighted by atomic mass is 10.0. The van der Waals surface area contributed by atoms with Crippen LogP contribution in [0.5, 0.6) is 0 Å². The largest absolute Gasteiger partial charge is 0.374 e. The van der Waals surface area contributed by atoms with Gasteiger partial charge < -0.3 is 9.64 Å². The third-order valence-corrected chi connectivity index (χ3v) is 4.68. The molecular weight excluding hydrogens is 312 g/mol. The van der Waals surface area contributed by atoms with E-state index in [2.05, 4.69) is 32.7 Å². The summed E-state index contributed by atoms with van der Waals surface area (Å²) in [5.41, 5.74) is 1.17. The molecule has 1 aromatic heterocycles. The summed E-state index contributed by atoms with van der Waals surface area (Å²) in [6.45, 7) is 7.09. The number of aromatic nitrogens is 3. The van der Waals surface area contributed by atoms with Crippen LogP contribution in [0.25, 0.3) is 0 Å². The monoisotopic (exact) mass is 334 g/mol. The fourth-order valence-corrected chi connectivity index (χ4v) is 3.50. The molecule has 0 radical (unpaired) electrons. The molecule has 0 saturated carbocycles. The van der Waals surface area contributed by atoms with E-state index in [0.717, 1.165) is 42.7 Å². The number of halogens is 1. The lowest BCUT2D eigenvalue weighted by Gasteiger charge is -2.27. The lowest BCUT2D eigenvalue weighted by molar-refractivity contribution is 0.125. The maximum Gasteiger partial charge on any atom is 0.227 e. The molecule has 3 rings (SSSR count). The van der Waals surface area contributed by atoms with Crippen molar-refractivity contribution >= 4 is 17.5 Å². The van der Waals surface area contributed by atoms with E-state index in [0.29, 0.717) is 13.2 Å². The molecule has 0 aliphatic carbocycles. The van der Waals surface area contributed by atoms with Gasteiger partial charge in [-0.05, 0) is 38.3 Å². The van der Waals surface area contributed by atoms with Gasteiger partial charge in [-0.15, -0.1) is 10.2 Å². The second kappa shape index (κ2) is 7.32. The quantitative estimate of drug-likeness (QED) is 0.805. The summed E-state index contributed by atoms with van der Waals surface area (Å²) in [6.07, 6.45) is 2.22. The van der Waals surface area contributed by atoms with Crippen molar-refractivity contribution in [1.82, 2.24) is 14.8 Å². The second-order valence-electron chi connectivity index (χ2n) is 5.67. The van der Waals surface area contributed by atoms with Crippen LogP contribution in [-0.2, 0) is 17.9 Å². The molecule has 1 unspecified atom stereocenters. The van der Waals surface area contributed by atoms with E-state index in [1.807, 2.05) is 25.1 Å². The zero-order valence-electron chi connectivity index (χ0n) is 13.7. The number of anilines is 1. The number of hydrogen-bond donors (Lipinski definition) is 0. The van der Waals surface area contributed by atoms with Gasteiger partial charge in [-0.3, -0.25) is 4.57 Å². The molecule has 124 valence electrons. The third-order valence-electron chi connectivity index (χ3n) is 4.33. The Kier molecular flexibility index (Phi) is 5.18. The van der Waals surface area contributed by atoms with E-state index in [1.165, 1.54) is 5.56 Å². The average molecular weight is 335 g/mol. The third kappa shape index (κ3) is 3.21. The molecule has 2 aromatic rings. The Morgan fingerprint density at radius 1 is 1.26 bits per heavy atom. The van der Waals surface area contributed by atoms with Crippen molar-refractivity contribution in [2.75, 3.05) is 18.1 Å². The second-order valence-corrected chi connectivity index (χ2v) is 6.08. The molecule has 1 fully saturated rings. The van der Waals surface area contributed by atoms with Crippen molar-refractivity contribution in [2.24, 2.45) is 0 Å². The highest BCUT2D eigenvalue weighted by Crippen LogP contribution is 2.38. The minimum atomic E-state index is 0.262. The number of nitrogens with zero attached hydrogens (tertiary/aromatic N) is 4. The van der Waals surface area contributed by atoms with E-state index < -0.39 is 0 Å². The molecule has 1 aliphatic heterocycles. The predicted octanol–water partition coefficient (Wildman–Crippen LogP) is 3.83. The number of rotatable bonds is 6. The minimum absolute atomic E-state index is 0.262. The van der Waals surface area contributed by atoms with Crippen LogP contribution in [0.1, 0.15) is 44.1 Å². The first-order valence-electron chi connectivity index (χ1n) is 8.27. The zero-order valence-corrected chi connectivity index (χ0v) is 14.5. The van der Waals surface area contributed by atoms with Crippen LogP contribution in [0, 0.1) is 0 Å². The summed E-state index contributed by atoms with van der Waals surface area (Å²) in [7, 11) is 0. The first-order chi connectivity index (χ1) is 11.3. The number of hydrogen-bond acceptors (Lipinski definition) is 4. The summed E-state index contributed by atoms with van der Waals surface area (Å²) in [6, 6.07) is 8.35. The lowest BCUT2D eigenvalue weighted by Crippen LogP contribution is -2.26. The summed E-state index contributed by atoms with van der Waals surface area (Å²) in [5.74, 6) is 1.80. The normalized spacial score (nSPS) is 17.9. The van der Waals surface area contributed by atoms with Crippen LogP contribution in [0.15, 0.2) is 24.3 Å². The van der Waals surface area contributed by atoms with Crippen molar-refractivity contribution in [3.63, 3.8) is 0 Å². The molecule has 23 heavy (non-hydrogen) atoms. The van der Waals surface area contributed by atoms with Gasteiger partial charge in [0.15, 0.2) is 5.82 Å². The molecule has 0 N–H and O–H groups in total. The number of benzene rings is 1. The van der Waals surface area contributed by atoms with Crippen LogP contribution >= 0.6 is 11.6 Å². The summed E-state index contributed by atoms with van der Waals surface area (Å²) >= 11 is 6.41. The van der Waals surface area contributed by atoms with Gasteiger partial charge in [0.2, 0.25) is 5.95 Å². The fraction of sp³-hybridized carbons (Fsp3) is 0.529.